The second kappa shape index (κ2) is 4.15. The van der Waals surface area contributed by atoms with Crippen molar-refractivity contribution in [3.63, 3.8) is 0 Å². The largest absolute Gasteiger partial charge is 0.379 e. The fraction of sp³-hybridized carbons (Fsp3) is 0.615. The van der Waals surface area contributed by atoms with E-state index in [4.69, 9.17) is 4.74 Å². The molecule has 2 fully saturated rings. The summed E-state index contributed by atoms with van der Waals surface area (Å²) in [5, 5.41) is 3.66. The Balaban J connectivity index is 1.87. The van der Waals surface area contributed by atoms with Crippen LogP contribution in [0.1, 0.15) is 24.8 Å². The van der Waals surface area contributed by atoms with E-state index >= 15 is 0 Å². The minimum absolute atomic E-state index is 0.212. The highest BCUT2D eigenvalue weighted by Gasteiger charge is 2.47. The van der Waals surface area contributed by atoms with Gasteiger partial charge < -0.3 is 10.1 Å². The van der Waals surface area contributed by atoms with Crippen molar-refractivity contribution in [1.82, 2.24) is 10.3 Å². The Morgan fingerprint density at radius 3 is 2.62 bits per heavy atom. The third-order valence-electron chi connectivity index (χ3n) is 3.95. The fourth-order valence-electron chi connectivity index (χ4n) is 2.90. The molecule has 1 atom stereocenters. The topological polar surface area (TPSA) is 34.1 Å². The van der Waals surface area contributed by atoms with Crippen molar-refractivity contribution in [3.05, 3.63) is 30.1 Å². The van der Waals surface area contributed by atoms with Gasteiger partial charge in [0.15, 0.2) is 0 Å². The Morgan fingerprint density at radius 2 is 2.06 bits per heavy atom. The van der Waals surface area contributed by atoms with Gasteiger partial charge in [-0.2, -0.15) is 0 Å². The summed E-state index contributed by atoms with van der Waals surface area (Å²) >= 11 is 0. The first-order valence-electron chi connectivity index (χ1n) is 6.13. The monoisotopic (exact) mass is 218 g/mol. The van der Waals surface area contributed by atoms with E-state index in [1.807, 2.05) is 12.4 Å². The average molecular weight is 218 g/mol. The number of rotatable bonds is 2. The Kier molecular flexibility index (Phi) is 2.65. The first-order chi connectivity index (χ1) is 7.92. The Morgan fingerprint density at radius 1 is 1.25 bits per heavy atom. The third-order valence-corrected chi connectivity index (χ3v) is 3.95. The SMILES string of the molecule is c1cc(C2(C3CCCCN3)COC2)ccn1. The van der Waals surface area contributed by atoms with E-state index in [1.165, 1.54) is 24.8 Å². The first kappa shape index (κ1) is 10.2. The molecule has 2 saturated heterocycles. The van der Waals surface area contributed by atoms with Crippen LogP contribution in [0.25, 0.3) is 0 Å². The lowest BCUT2D eigenvalue weighted by molar-refractivity contribution is -0.0827. The summed E-state index contributed by atoms with van der Waals surface area (Å²) in [6.45, 7) is 2.86. The Bertz CT molecular complexity index is 342. The van der Waals surface area contributed by atoms with Crippen LogP contribution in [-0.2, 0) is 10.2 Å². The van der Waals surface area contributed by atoms with E-state index in [0.717, 1.165) is 19.8 Å². The number of nitrogens with one attached hydrogen (secondary N) is 1. The zero-order valence-corrected chi connectivity index (χ0v) is 9.48. The molecular formula is C13H18N2O. The smallest absolute Gasteiger partial charge is 0.0600 e. The number of pyridine rings is 1. The van der Waals surface area contributed by atoms with Crippen molar-refractivity contribution in [2.24, 2.45) is 0 Å². The molecule has 0 amide bonds. The van der Waals surface area contributed by atoms with Crippen molar-refractivity contribution in [2.45, 2.75) is 30.7 Å². The standard InChI is InChI=1S/C13H18N2O/c1-2-6-15-12(3-1)13(9-16-10-13)11-4-7-14-8-5-11/h4-5,7-8,12,15H,1-3,6,9-10H2. The third kappa shape index (κ3) is 1.55. The molecule has 0 radical (unpaired) electrons. The van der Waals surface area contributed by atoms with Crippen LogP contribution >= 0.6 is 0 Å². The number of nitrogens with zero attached hydrogens (tertiary/aromatic N) is 1. The van der Waals surface area contributed by atoms with E-state index in [1.54, 1.807) is 0 Å². The van der Waals surface area contributed by atoms with Gasteiger partial charge >= 0.3 is 0 Å². The summed E-state index contributed by atoms with van der Waals surface area (Å²) in [6, 6.07) is 4.86. The maximum atomic E-state index is 5.49. The highest BCUT2D eigenvalue weighted by atomic mass is 16.5. The predicted octanol–water partition coefficient (Wildman–Crippen LogP) is 1.49. The molecule has 1 aromatic rings. The van der Waals surface area contributed by atoms with E-state index in [-0.39, 0.29) is 5.41 Å². The van der Waals surface area contributed by atoms with Gasteiger partial charge in [0.25, 0.3) is 0 Å². The van der Waals surface area contributed by atoms with Crippen LogP contribution in [0.4, 0.5) is 0 Å². The van der Waals surface area contributed by atoms with Crippen molar-refractivity contribution in [2.75, 3.05) is 19.8 Å². The second-order valence-electron chi connectivity index (χ2n) is 4.89. The summed E-state index contributed by atoms with van der Waals surface area (Å²) in [5.74, 6) is 0. The van der Waals surface area contributed by atoms with Gasteiger partial charge in [0, 0.05) is 18.4 Å². The van der Waals surface area contributed by atoms with Gasteiger partial charge in [0.05, 0.1) is 18.6 Å². The molecule has 0 aromatic carbocycles. The highest BCUT2D eigenvalue weighted by molar-refractivity contribution is 5.29. The van der Waals surface area contributed by atoms with Crippen LogP contribution in [0, 0.1) is 0 Å². The van der Waals surface area contributed by atoms with Gasteiger partial charge in [-0.3, -0.25) is 4.98 Å². The number of ether oxygens (including phenoxy) is 1. The lowest BCUT2D eigenvalue weighted by atomic mass is 9.70. The number of hydrogen-bond acceptors (Lipinski definition) is 3. The van der Waals surface area contributed by atoms with Crippen LogP contribution in [-0.4, -0.2) is 30.8 Å². The molecular weight excluding hydrogens is 200 g/mol. The molecule has 0 aliphatic carbocycles. The molecule has 86 valence electrons. The quantitative estimate of drug-likeness (QED) is 0.816. The maximum absolute atomic E-state index is 5.49. The fourth-order valence-corrected chi connectivity index (χ4v) is 2.90. The van der Waals surface area contributed by atoms with Crippen LogP contribution in [0.15, 0.2) is 24.5 Å². The zero-order chi connectivity index (χ0) is 10.8. The Hall–Kier alpha value is -0.930. The normalized spacial score (nSPS) is 28.4. The number of piperidine rings is 1. The number of aromatic nitrogens is 1. The number of hydrogen-bond donors (Lipinski definition) is 1. The molecule has 1 N–H and O–H groups in total. The van der Waals surface area contributed by atoms with Crippen molar-refractivity contribution in [3.8, 4) is 0 Å². The molecule has 3 heterocycles. The molecule has 2 aliphatic rings. The van der Waals surface area contributed by atoms with Crippen molar-refractivity contribution >= 4 is 0 Å². The molecule has 0 bridgehead atoms. The van der Waals surface area contributed by atoms with Gasteiger partial charge in [-0.15, -0.1) is 0 Å². The van der Waals surface area contributed by atoms with Crippen LogP contribution in [0.3, 0.4) is 0 Å². The molecule has 16 heavy (non-hydrogen) atoms. The summed E-state index contributed by atoms with van der Waals surface area (Å²) < 4.78 is 5.49. The molecule has 1 unspecified atom stereocenters. The van der Waals surface area contributed by atoms with E-state index in [2.05, 4.69) is 22.4 Å². The first-order valence-corrected chi connectivity index (χ1v) is 6.13. The van der Waals surface area contributed by atoms with Crippen molar-refractivity contribution in [1.29, 1.82) is 0 Å². The average Bonchev–Trinajstić information content (AvgIpc) is 2.31. The minimum Gasteiger partial charge on any atom is -0.379 e. The van der Waals surface area contributed by atoms with E-state index < -0.39 is 0 Å². The molecule has 0 saturated carbocycles. The van der Waals surface area contributed by atoms with Gasteiger partial charge in [-0.25, -0.2) is 0 Å². The van der Waals surface area contributed by atoms with Gasteiger partial charge in [-0.1, -0.05) is 6.42 Å². The lowest BCUT2D eigenvalue weighted by Crippen LogP contribution is -2.61. The predicted molar refractivity (Wildman–Crippen MR) is 62.4 cm³/mol. The second-order valence-corrected chi connectivity index (χ2v) is 4.89. The maximum Gasteiger partial charge on any atom is 0.0600 e. The molecule has 3 nitrogen and oxygen atoms in total. The highest BCUT2D eigenvalue weighted by Crippen LogP contribution is 2.38. The summed E-state index contributed by atoms with van der Waals surface area (Å²) in [7, 11) is 0. The van der Waals surface area contributed by atoms with Crippen LogP contribution < -0.4 is 5.32 Å². The molecule has 3 heteroatoms. The van der Waals surface area contributed by atoms with Gasteiger partial charge in [-0.05, 0) is 37.1 Å². The van der Waals surface area contributed by atoms with Gasteiger partial charge in [0.2, 0.25) is 0 Å². The zero-order valence-electron chi connectivity index (χ0n) is 9.48. The van der Waals surface area contributed by atoms with E-state index in [9.17, 15) is 0 Å². The summed E-state index contributed by atoms with van der Waals surface area (Å²) in [6.07, 6.45) is 7.69. The lowest BCUT2D eigenvalue weighted by Gasteiger charge is -2.49. The molecule has 1 aromatic heterocycles. The molecule has 3 rings (SSSR count). The van der Waals surface area contributed by atoms with Crippen LogP contribution in [0.2, 0.25) is 0 Å². The Labute approximate surface area is 96.2 Å². The molecule has 2 aliphatic heterocycles. The van der Waals surface area contributed by atoms with Gasteiger partial charge in [0.1, 0.15) is 0 Å². The molecule has 0 spiro atoms. The van der Waals surface area contributed by atoms with Crippen LogP contribution in [0.5, 0.6) is 0 Å². The van der Waals surface area contributed by atoms with Crippen molar-refractivity contribution < 1.29 is 4.74 Å². The minimum atomic E-state index is 0.212. The summed E-state index contributed by atoms with van der Waals surface area (Å²) in [4.78, 5) is 4.10. The summed E-state index contributed by atoms with van der Waals surface area (Å²) in [5.41, 5.74) is 1.59. The van der Waals surface area contributed by atoms with E-state index in [0.29, 0.717) is 6.04 Å².